The number of hydrogen-bond acceptors (Lipinski definition) is 5. The first-order valence-corrected chi connectivity index (χ1v) is 28.5. The van der Waals surface area contributed by atoms with Crippen molar-refractivity contribution in [3.05, 3.63) is 12.2 Å². The van der Waals surface area contributed by atoms with Gasteiger partial charge < -0.3 is 20.3 Å². The SMILES string of the molecule is CCCCCCCCCCCCCCCCCCCC/C=C/C(O)C(CO)NC(=O)CCCCCCCCCCCCCCCCOC(=O)CCCCCCCCCCCCCC. The maximum atomic E-state index is 12.5. The molecule has 0 aromatic heterocycles. The largest absolute Gasteiger partial charge is 0.466 e. The molecule has 374 valence electrons. The Kier molecular flexibility index (Phi) is 52.0. The van der Waals surface area contributed by atoms with Gasteiger partial charge in [-0.1, -0.05) is 283 Å². The van der Waals surface area contributed by atoms with E-state index in [1.54, 1.807) is 6.08 Å². The number of aliphatic hydroxyl groups excluding tert-OH is 2. The highest BCUT2D eigenvalue weighted by Gasteiger charge is 2.18. The quantitative estimate of drug-likeness (QED) is 0.0321. The van der Waals surface area contributed by atoms with Gasteiger partial charge in [-0.3, -0.25) is 9.59 Å². The van der Waals surface area contributed by atoms with Crippen molar-refractivity contribution in [2.45, 2.75) is 328 Å². The Bertz CT molecular complexity index is 939. The summed E-state index contributed by atoms with van der Waals surface area (Å²) >= 11 is 0. The zero-order valence-electron chi connectivity index (χ0n) is 42.6. The van der Waals surface area contributed by atoms with Gasteiger partial charge in [0.25, 0.3) is 0 Å². The van der Waals surface area contributed by atoms with Crippen molar-refractivity contribution in [1.82, 2.24) is 5.32 Å². The summed E-state index contributed by atoms with van der Waals surface area (Å²) in [6.45, 7) is 4.90. The third-order valence-electron chi connectivity index (χ3n) is 13.3. The Morgan fingerprint density at radius 3 is 1.08 bits per heavy atom. The van der Waals surface area contributed by atoms with Crippen molar-refractivity contribution in [2.24, 2.45) is 0 Å². The number of esters is 1. The molecule has 2 atom stereocenters. The first-order valence-electron chi connectivity index (χ1n) is 28.5. The summed E-state index contributed by atoms with van der Waals surface area (Å²) in [4.78, 5) is 24.5. The topological polar surface area (TPSA) is 95.9 Å². The predicted octanol–water partition coefficient (Wildman–Crippen LogP) is 17.3. The van der Waals surface area contributed by atoms with Gasteiger partial charge >= 0.3 is 5.97 Å². The van der Waals surface area contributed by atoms with E-state index in [9.17, 15) is 19.8 Å². The van der Waals surface area contributed by atoms with Crippen LogP contribution in [0.2, 0.25) is 0 Å². The summed E-state index contributed by atoms with van der Waals surface area (Å²) in [6, 6.07) is -0.635. The first-order chi connectivity index (χ1) is 31.0. The van der Waals surface area contributed by atoms with Crippen molar-refractivity contribution < 1.29 is 24.5 Å². The Hall–Kier alpha value is -1.40. The van der Waals surface area contributed by atoms with Gasteiger partial charge in [0, 0.05) is 12.8 Å². The Morgan fingerprint density at radius 2 is 0.730 bits per heavy atom. The lowest BCUT2D eigenvalue weighted by atomic mass is 10.0. The zero-order chi connectivity index (χ0) is 45.8. The number of allylic oxidation sites excluding steroid dienone is 1. The molecule has 0 aromatic rings. The fourth-order valence-corrected chi connectivity index (χ4v) is 8.93. The van der Waals surface area contributed by atoms with Gasteiger partial charge in [-0.05, 0) is 32.1 Å². The predicted molar refractivity (Wildman–Crippen MR) is 273 cm³/mol. The number of ether oxygens (including phenoxy) is 1. The van der Waals surface area contributed by atoms with E-state index in [0.717, 1.165) is 57.8 Å². The van der Waals surface area contributed by atoms with Gasteiger partial charge in [0.1, 0.15) is 0 Å². The number of carbonyl (C=O) groups is 2. The van der Waals surface area contributed by atoms with Gasteiger partial charge in [-0.2, -0.15) is 0 Å². The minimum absolute atomic E-state index is 0.00209. The van der Waals surface area contributed by atoms with E-state index >= 15 is 0 Å². The lowest BCUT2D eigenvalue weighted by Gasteiger charge is -2.20. The molecule has 0 heterocycles. The second-order valence-corrected chi connectivity index (χ2v) is 19.6. The summed E-state index contributed by atoms with van der Waals surface area (Å²) in [5.74, 6) is -0.0774. The van der Waals surface area contributed by atoms with Crippen LogP contribution >= 0.6 is 0 Å². The van der Waals surface area contributed by atoms with Crippen molar-refractivity contribution in [1.29, 1.82) is 0 Å². The Labute approximate surface area is 393 Å². The molecule has 0 saturated carbocycles. The number of nitrogens with one attached hydrogen (secondary N) is 1. The molecule has 0 aliphatic heterocycles. The normalized spacial score (nSPS) is 12.6. The highest BCUT2D eigenvalue weighted by Crippen LogP contribution is 2.17. The molecule has 0 rings (SSSR count). The van der Waals surface area contributed by atoms with E-state index in [1.165, 1.54) is 231 Å². The highest BCUT2D eigenvalue weighted by atomic mass is 16.5. The summed E-state index contributed by atoms with van der Waals surface area (Å²) in [5.41, 5.74) is 0. The number of hydrogen-bond donors (Lipinski definition) is 3. The minimum Gasteiger partial charge on any atom is -0.466 e. The molecule has 0 aliphatic carbocycles. The maximum Gasteiger partial charge on any atom is 0.305 e. The van der Waals surface area contributed by atoms with E-state index in [1.807, 2.05) is 6.08 Å². The monoisotopic (exact) mass is 890 g/mol. The second-order valence-electron chi connectivity index (χ2n) is 19.6. The van der Waals surface area contributed by atoms with E-state index in [-0.39, 0.29) is 18.5 Å². The number of unbranched alkanes of at least 4 members (excludes halogenated alkanes) is 42. The van der Waals surface area contributed by atoms with Gasteiger partial charge in [-0.15, -0.1) is 0 Å². The standard InChI is InChI=1S/C57H111NO5/c1-3-5-7-9-11-13-15-17-18-19-20-21-22-23-26-29-33-37-41-45-49-55(60)54(53-59)58-56(61)50-46-42-38-34-30-27-24-25-28-32-36-40-44-48-52-63-57(62)51-47-43-39-35-31-16-14-12-10-8-6-4-2/h45,49,54-55,59-60H,3-44,46-48,50-53H2,1-2H3,(H,58,61)/b49-45+. The summed E-state index contributed by atoms with van der Waals surface area (Å²) < 4.78 is 5.46. The molecule has 0 saturated heterocycles. The molecular formula is C57H111NO5. The van der Waals surface area contributed by atoms with Gasteiger partial charge in [0.05, 0.1) is 25.4 Å². The van der Waals surface area contributed by atoms with Crippen LogP contribution in [-0.4, -0.2) is 47.4 Å². The van der Waals surface area contributed by atoms with Crippen molar-refractivity contribution in [3.63, 3.8) is 0 Å². The Morgan fingerprint density at radius 1 is 0.429 bits per heavy atom. The molecule has 0 fully saturated rings. The van der Waals surface area contributed by atoms with Gasteiger partial charge in [-0.25, -0.2) is 0 Å². The average molecular weight is 891 g/mol. The number of aliphatic hydroxyl groups is 2. The van der Waals surface area contributed by atoms with Crippen LogP contribution in [0, 0.1) is 0 Å². The van der Waals surface area contributed by atoms with Crippen LogP contribution in [0.15, 0.2) is 12.2 Å². The highest BCUT2D eigenvalue weighted by molar-refractivity contribution is 5.76. The molecule has 0 aliphatic rings. The van der Waals surface area contributed by atoms with E-state index in [0.29, 0.717) is 19.4 Å². The fourth-order valence-electron chi connectivity index (χ4n) is 8.93. The molecule has 0 aromatic carbocycles. The lowest BCUT2D eigenvalue weighted by molar-refractivity contribution is -0.143. The van der Waals surface area contributed by atoms with Crippen LogP contribution < -0.4 is 5.32 Å². The van der Waals surface area contributed by atoms with Crippen LogP contribution in [0.4, 0.5) is 0 Å². The van der Waals surface area contributed by atoms with Crippen LogP contribution in [0.5, 0.6) is 0 Å². The molecule has 0 radical (unpaired) electrons. The summed E-state index contributed by atoms with van der Waals surface area (Å²) in [7, 11) is 0. The van der Waals surface area contributed by atoms with Crippen LogP contribution in [0.1, 0.15) is 316 Å². The molecule has 1 amide bonds. The van der Waals surface area contributed by atoms with Gasteiger partial charge in [0.15, 0.2) is 0 Å². The number of amides is 1. The summed E-state index contributed by atoms with van der Waals surface area (Å²) in [5, 5.41) is 23.2. The van der Waals surface area contributed by atoms with Crippen molar-refractivity contribution in [2.75, 3.05) is 13.2 Å². The van der Waals surface area contributed by atoms with E-state index < -0.39 is 12.1 Å². The third-order valence-corrected chi connectivity index (χ3v) is 13.3. The molecule has 3 N–H and O–H groups in total. The number of rotatable bonds is 53. The minimum atomic E-state index is -0.851. The molecule has 6 heteroatoms. The lowest BCUT2D eigenvalue weighted by Crippen LogP contribution is -2.45. The van der Waals surface area contributed by atoms with Crippen molar-refractivity contribution in [3.8, 4) is 0 Å². The first kappa shape index (κ1) is 61.6. The zero-order valence-corrected chi connectivity index (χ0v) is 42.6. The van der Waals surface area contributed by atoms with E-state index in [4.69, 9.17) is 4.74 Å². The molecule has 2 unspecified atom stereocenters. The smallest absolute Gasteiger partial charge is 0.305 e. The number of carbonyl (C=O) groups excluding carboxylic acids is 2. The molecular weight excluding hydrogens is 779 g/mol. The second kappa shape index (κ2) is 53.2. The van der Waals surface area contributed by atoms with E-state index in [2.05, 4.69) is 19.2 Å². The van der Waals surface area contributed by atoms with Crippen molar-refractivity contribution >= 4 is 11.9 Å². The van der Waals surface area contributed by atoms with Crippen LogP contribution in [0.25, 0.3) is 0 Å². The third kappa shape index (κ3) is 49.9. The Balaban J connectivity index is 3.47. The van der Waals surface area contributed by atoms with Crippen LogP contribution in [0.3, 0.4) is 0 Å². The average Bonchev–Trinajstić information content (AvgIpc) is 3.28. The summed E-state index contributed by atoms with van der Waals surface area (Å²) in [6.07, 6.45) is 62.2. The molecule has 6 nitrogen and oxygen atoms in total. The fraction of sp³-hybridized carbons (Fsp3) is 0.930. The molecule has 0 spiro atoms. The van der Waals surface area contributed by atoms with Crippen LogP contribution in [-0.2, 0) is 14.3 Å². The van der Waals surface area contributed by atoms with Gasteiger partial charge in [0.2, 0.25) is 5.91 Å². The molecule has 0 bridgehead atoms. The maximum absolute atomic E-state index is 12.5. The molecule has 63 heavy (non-hydrogen) atoms.